The van der Waals surface area contributed by atoms with E-state index in [4.69, 9.17) is 11.6 Å². The Kier molecular flexibility index (Phi) is 7.12. The summed E-state index contributed by atoms with van der Waals surface area (Å²) in [6.45, 7) is 2.89. The lowest BCUT2D eigenvalue weighted by Crippen LogP contribution is -2.50. The molecular weight excluding hydrogens is 426 g/mol. The largest absolute Gasteiger partial charge is 0.340 e. The number of benzene rings is 2. The van der Waals surface area contributed by atoms with Gasteiger partial charge in [-0.2, -0.15) is 4.31 Å². The molecule has 0 aromatic heterocycles. The number of sulfonamides is 1. The summed E-state index contributed by atoms with van der Waals surface area (Å²) in [7, 11) is -3.56. The van der Waals surface area contributed by atoms with Crippen molar-refractivity contribution in [2.75, 3.05) is 31.5 Å². The van der Waals surface area contributed by atoms with Gasteiger partial charge in [0, 0.05) is 49.7 Å². The van der Waals surface area contributed by atoms with Crippen LogP contribution in [-0.4, -0.2) is 55.6 Å². The molecule has 0 saturated carbocycles. The summed E-state index contributed by atoms with van der Waals surface area (Å²) in [5.41, 5.74) is 1.40. The highest BCUT2D eigenvalue weighted by atomic mass is 35.5. The van der Waals surface area contributed by atoms with Crippen LogP contribution in [0, 0.1) is 6.92 Å². The third kappa shape index (κ3) is 5.19. The molecule has 0 bridgehead atoms. The van der Waals surface area contributed by atoms with E-state index in [1.807, 2.05) is 6.92 Å². The first-order chi connectivity index (χ1) is 14.3. The van der Waals surface area contributed by atoms with Gasteiger partial charge in [0.1, 0.15) is 0 Å². The molecule has 0 radical (unpaired) electrons. The number of amides is 2. The van der Waals surface area contributed by atoms with Crippen molar-refractivity contribution in [1.82, 2.24) is 9.21 Å². The molecule has 1 saturated heterocycles. The molecule has 1 aliphatic rings. The quantitative estimate of drug-likeness (QED) is 0.734. The van der Waals surface area contributed by atoms with Gasteiger partial charge in [-0.3, -0.25) is 9.59 Å². The average Bonchev–Trinajstić information content (AvgIpc) is 2.76. The van der Waals surface area contributed by atoms with Crippen LogP contribution >= 0.6 is 11.6 Å². The fraction of sp³-hybridized carbons (Fsp3) is 0.333. The van der Waals surface area contributed by atoms with Crippen molar-refractivity contribution in [3.05, 3.63) is 59.1 Å². The normalized spacial score (nSPS) is 15.1. The minimum Gasteiger partial charge on any atom is -0.340 e. The zero-order chi connectivity index (χ0) is 21.7. The summed E-state index contributed by atoms with van der Waals surface area (Å²) >= 11 is 6.05. The number of halogens is 1. The molecule has 7 nitrogen and oxygen atoms in total. The molecule has 2 amide bonds. The molecule has 1 aliphatic heterocycles. The number of rotatable bonds is 6. The number of piperazine rings is 1. The molecule has 2 aromatic carbocycles. The van der Waals surface area contributed by atoms with Crippen molar-refractivity contribution in [1.29, 1.82) is 0 Å². The Morgan fingerprint density at radius 2 is 1.63 bits per heavy atom. The summed E-state index contributed by atoms with van der Waals surface area (Å²) < 4.78 is 26.7. The number of anilines is 1. The Balaban J connectivity index is 1.48. The highest BCUT2D eigenvalue weighted by molar-refractivity contribution is 7.89. The SMILES string of the molecule is Cc1c(Cl)cccc1NC(=O)CCC(=O)N1CCN(S(=O)(=O)c2ccccc2)CC1. The lowest BCUT2D eigenvalue weighted by molar-refractivity contribution is -0.133. The molecule has 9 heteroatoms. The summed E-state index contributed by atoms with van der Waals surface area (Å²) in [6.07, 6.45) is 0.115. The molecule has 3 rings (SSSR count). The number of nitrogens with zero attached hydrogens (tertiary/aromatic N) is 2. The first-order valence-electron chi connectivity index (χ1n) is 9.67. The number of hydrogen-bond acceptors (Lipinski definition) is 4. The standard InChI is InChI=1S/C21H24ClN3O4S/c1-16-18(22)8-5-9-19(16)23-20(26)10-11-21(27)24-12-14-25(15-13-24)30(28,29)17-6-3-2-4-7-17/h2-9H,10-15H2,1H3,(H,23,26). The van der Waals surface area contributed by atoms with E-state index in [0.29, 0.717) is 23.8 Å². The van der Waals surface area contributed by atoms with E-state index in [9.17, 15) is 18.0 Å². The van der Waals surface area contributed by atoms with Crippen LogP contribution in [0.4, 0.5) is 5.69 Å². The van der Waals surface area contributed by atoms with Gasteiger partial charge in [0.2, 0.25) is 21.8 Å². The van der Waals surface area contributed by atoms with Crippen LogP contribution in [0.1, 0.15) is 18.4 Å². The van der Waals surface area contributed by atoms with Gasteiger partial charge in [-0.25, -0.2) is 8.42 Å². The highest BCUT2D eigenvalue weighted by Crippen LogP contribution is 2.23. The molecule has 30 heavy (non-hydrogen) atoms. The molecule has 2 aromatic rings. The maximum atomic E-state index is 12.7. The van der Waals surface area contributed by atoms with Crippen molar-refractivity contribution >= 4 is 39.1 Å². The Morgan fingerprint density at radius 3 is 2.30 bits per heavy atom. The van der Waals surface area contributed by atoms with E-state index in [1.54, 1.807) is 53.4 Å². The fourth-order valence-corrected chi connectivity index (χ4v) is 4.87. The maximum Gasteiger partial charge on any atom is 0.243 e. The lowest BCUT2D eigenvalue weighted by atomic mass is 10.2. The molecule has 0 unspecified atom stereocenters. The highest BCUT2D eigenvalue weighted by Gasteiger charge is 2.29. The number of carbonyl (C=O) groups excluding carboxylic acids is 2. The van der Waals surface area contributed by atoms with Gasteiger partial charge in [0.05, 0.1) is 4.90 Å². The van der Waals surface area contributed by atoms with Crippen LogP contribution < -0.4 is 5.32 Å². The molecule has 1 N–H and O–H groups in total. The van der Waals surface area contributed by atoms with Crippen LogP contribution in [0.15, 0.2) is 53.4 Å². The molecule has 160 valence electrons. The molecule has 1 heterocycles. The first kappa shape index (κ1) is 22.3. The van der Waals surface area contributed by atoms with Crippen molar-refractivity contribution in [3.8, 4) is 0 Å². The van der Waals surface area contributed by atoms with Crippen molar-refractivity contribution in [2.45, 2.75) is 24.7 Å². The minimum absolute atomic E-state index is 0.0489. The van der Waals surface area contributed by atoms with E-state index in [-0.39, 0.29) is 42.6 Å². The van der Waals surface area contributed by atoms with Gasteiger partial charge < -0.3 is 10.2 Å². The van der Waals surface area contributed by atoms with Crippen molar-refractivity contribution < 1.29 is 18.0 Å². The van der Waals surface area contributed by atoms with Crippen LogP contribution in [0.5, 0.6) is 0 Å². The second-order valence-electron chi connectivity index (χ2n) is 7.06. The van der Waals surface area contributed by atoms with Gasteiger partial charge in [0.15, 0.2) is 0 Å². The van der Waals surface area contributed by atoms with E-state index >= 15 is 0 Å². The Hall–Kier alpha value is -2.42. The van der Waals surface area contributed by atoms with Crippen molar-refractivity contribution in [3.63, 3.8) is 0 Å². The van der Waals surface area contributed by atoms with E-state index in [1.165, 1.54) is 4.31 Å². The lowest BCUT2D eigenvalue weighted by Gasteiger charge is -2.34. The summed E-state index contributed by atoms with van der Waals surface area (Å²) in [5.74, 6) is -0.427. The predicted molar refractivity (Wildman–Crippen MR) is 116 cm³/mol. The van der Waals surface area contributed by atoms with Crippen LogP contribution in [0.25, 0.3) is 0 Å². The van der Waals surface area contributed by atoms with Gasteiger partial charge in [-0.1, -0.05) is 35.9 Å². The third-order valence-electron chi connectivity index (χ3n) is 5.08. The molecule has 0 spiro atoms. The zero-order valence-corrected chi connectivity index (χ0v) is 18.2. The number of nitrogens with one attached hydrogen (secondary N) is 1. The van der Waals surface area contributed by atoms with E-state index in [0.717, 1.165) is 5.56 Å². The van der Waals surface area contributed by atoms with Gasteiger partial charge in [-0.05, 0) is 36.8 Å². The topological polar surface area (TPSA) is 86.8 Å². The zero-order valence-electron chi connectivity index (χ0n) is 16.7. The van der Waals surface area contributed by atoms with E-state index < -0.39 is 10.0 Å². The molecular formula is C21H24ClN3O4S. The van der Waals surface area contributed by atoms with Crippen LogP contribution in [0.3, 0.4) is 0 Å². The third-order valence-corrected chi connectivity index (χ3v) is 7.40. The second kappa shape index (κ2) is 9.59. The monoisotopic (exact) mass is 449 g/mol. The molecule has 1 fully saturated rings. The van der Waals surface area contributed by atoms with Gasteiger partial charge in [-0.15, -0.1) is 0 Å². The maximum absolute atomic E-state index is 12.7. The summed E-state index contributed by atoms with van der Waals surface area (Å²) in [6, 6.07) is 13.5. The van der Waals surface area contributed by atoms with Crippen LogP contribution in [0.2, 0.25) is 5.02 Å². The number of hydrogen-bond donors (Lipinski definition) is 1. The smallest absolute Gasteiger partial charge is 0.243 e. The Bertz CT molecular complexity index is 1020. The first-order valence-corrected chi connectivity index (χ1v) is 11.5. The fourth-order valence-electron chi connectivity index (χ4n) is 3.25. The molecule has 0 atom stereocenters. The Labute approximate surface area is 181 Å². The summed E-state index contributed by atoms with van der Waals surface area (Å²) in [5, 5.41) is 3.34. The van der Waals surface area contributed by atoms with Crippen molar-refractivity contribution in [2.24, 2.45) is 0 Å². The van der Waals surface area contributed by atoms with E-state index in [2.05, 4.69) is 5.32 Å². The second-order valence-corrected chi connectivity index (χ2v) is 9.40. The summed E-state index contributed by atoms with van der Waals surface area (Å²) in [4.78, 5) is 26.5. The average molecular weight is 450 g/mol. The van der Waals surface area contributed by atoms with Gasteiger partial charge in [0.25, 0.3) is 0 Å². The van der Waals surface area contributed by atoms with Gasteiger partial charge >= 0.3 is 0 Å². The predicted octanol–water partition coefficient (Wildman–Crippen LogP) is 2.90. The minimum atomic E-state index is -3.56. The number of carbonyl (C=O) groups is 2. The van der Waals surface area contributed by atoms with Crippen LogP contribution in [-0.2, 0) is 19.6 Å². The molecule has 0 aliphatic carbocycles. The Morgan fingerprint density at radius 1 is 0.967 bits per heavy atom.